The standard InChI is InChI=1S/C29H34FN5O6SSi/c1-39-21-10-8-11-22(40-2)25(21)35-28(20-9-7-12-24(31-20)41-3)32-33-29(35)34-17-23(43(4,5)6)27(42(34,37)38)26(36)18-13-15-19(30)16-14-18/h7-16,23,26-27,36H,17H2,1-6H3/t23?,26-,27+/m0/s1. The number of para-hydroxylation sites is 1. The predicted octanol–water partition coefficient (Wildman–Crippen LogP) is 4.45. The molecule has 0 radical (unpaired) electrons. The lowest BCUT2D eigenvalue weighted by atomic mass is 10.0. The van der Waals surface area contributed by atoms with Crippen molar-refractivity contribution >= 4 is 24.0 Å². The number of aliphatic hydroxyl groups is 1. The number of halogens is 1. The summed E-state index contributed by atoms with van der Waals surface area (Å²) >= 11 is 0. The minimum atomic E-state index is -4.25. The van der Waals surface area contributed by atoms with Gasteiger partial charge in [0.05, 0.1) is 35.5 Å². The summed E-state index contributed by atoms with van der Waals surface area (Å²) in [7, 11) is -2.02. The van der Waals surface area contributed by atoms with Crippen LogP contribution >= 0.6 is 0 Å². The fraction of sp³-hybridized carbons (Fsp3) is 0.345. The lowest BCUT2D eigenvalue weighted by molar-refractivity contribution is 0.170. The number of rotatable bonds is 9. The minimum absolute atomic E-state index is 0.0144. The second-order valence-electron chi connectivity index (χ2n) is 11.2. The Morgan fingerprint density at radius 2 is 1.56 bits per heavy atom. The lowest BCUT2D eigenvalue weighted by Gasteiger charge is -2.30. The zero-order valence-electron chi connectivity index (χ0n) is 24.7. The second kappa shape index (κ2) is 11.6. The maximum absolute atomic E-state index is 14.5. The van der Waals surface area contributed by atoms with Crippen LogP contribution in [0.25, 0.3) is 17.2 Å². The Balaban J connectivity index is 1.75. The van der Waals surface area contributed by atoms with Crippen LogP contribution in [0.1, 0.15) is 11.7 Å². The molecule has 5 rings (SSSR count). The van der Waals surface area contributed by atoms with Gasteiger partial charge in [-0.2, -0.15) is 0 Å². The third-order valence-electron chi connectivity index (χ3n) is 7.70. The Morgan fingerprint density at radius 1 is 0.930 bits per heavy atom. The van der Waals surface area contributed by atoms with Crippen LogP contribution in [0.15, 0.2) is 60.7 Å². The summed E-state index contributed by atoms with van der Waals surface area (Å²) in [6.07, 6.45) is -1.40. The van der Waals surface area contributed by atoms with Crippen LogP contribution in [0.2, 0.25) is 25.2 Å². The molecule has 0 spiro atoms. The van der Waals surface area contributed by atoms with Crippen molar-refractivity contribution in [1.29, 1.82) is 0 Å². The van der Waals surface area contributed by atoms with E-state index in [4.69, 9.17) is 14.2 Å². The van der Waals surface area contributed by atoms with Gasteiger partial charge >= 0.3 is 0 Å². The van der Waals surface area contributed by atoms with Gasteiger partial charge in [-0.1, -0.05) is 43.9 Å². The van der Waals surface area contributed by atoms with Crippen molar-refractivity contribution in [2.24, 2.45) is 0 Å². The van der Waals surface area contributed by atoms with E-state index in [0.29, 0.717) is 34.3 Å². The molecule has 0 saturated carbocycles. The van der Waals surface area contributed by atoms with E-state index in [9.17, 15) is 17.9 Å². The number of aromatic nitrogens is 4. The number of pyridine rings is 1. The van der Waals surface area contributed by atoms with Gasteiger partial charge in [0, 0.05) is 12.6 Å². The molecule has 1 aliphatic heterocycles. The quantitative estimate of drug-likeness (QED) is 0.268. The highest BCUT2D eigenvalue weighted by Gasteiger charge is 2.56. The molecular weight excluding hydrogens is 593 g/mol. The summed E-state index contributed by atoms with van der Waals surface area (Å²) in [6.45, 7) is 6.23. The van der Waals surface area contributed by atoms with Crippen molar-refractivity contribution < 1.29 is 32.1 Å². The van der Waals surface area contributed by atoms with E-state index in [1.165, 1.54) is 49.9 Å². The highest BCUT2D eigenvalue weighted by molar-refractivity contribution is 7.93. The van der Waals surface area contributed by atoms with Gasteiger partial charge in [0.1, 0.15) is 33.9 Å². The van der Waals surface area contributed by atoms with Gasteiger partial charge in [-0.3, -0.25) is 4.57 Å². The zero-order valence-corrected chi connectivity index (χ0v) is 26.5. The summed E-state index contributed by atoms with van der Waals surface area (Å²) in [6, 6.07) is 15.5. The fourth-order valence-corrected chi connectivity index (χ4v) is 11.2. The number of anilines is 1. The van der Waals surface area contributed by atoms with Crippen LogP contribution in [-0.4, -0.2) is 74.5 Å². The average Bonchev–Trinajstić information content (AvgIpc) is 3.54. The van der Waals surface area contributed by atoms with E-state index in [2.05, 4.69) is 34.8 Å². The van der Waals surface area contributed by atoms with Crippen molar-refractivity contribution in [3.63, 3.8) is 0 Å². The molecule has 228 valence electrons. The number of benzene rings is 2. The highest BCUT2D eigenvalue weighted by Crippen LogP contribution is 2.48. The van der Waals surface area contributed by atoms with E-state index in [-0.39, 0.29) is 18.3 Å². The normalized spacial score (nSPS) is 18.8. The van der Waals surface area contributed by atoms with E-state index in [0.717, 1.165) is 0 Å². The maximum atomic E-state index is 14.5. The number of sulfonamides is 1. The third kappa shape index (κ3) is 5.45. The number of nitrogens with zero attached hydrogens (tertiary/aromatic N) is 5. The van der Waals surface area contributed by atoms with Crippen molar-refractivity contribution in [3.8, 4) is 34.6 Å². The monoisotopic (exact) mass is 627 g/mol. The molecule has 1 aliphatic rings. The molecule has 0 bridgehead atoms. The summed E-state index contributed by atoms with van der Waals surface area (Å²) in [5.74, 6) is 0.817. The molecule has 14 heteroatoms. The number of hydrogen-bond acceptors (Lipinski definition) is 9. The van der Waals surface area contributed by atoms with Gasteiger partial charge in [0.15, 0.2) is 5.82 Å². The van der Waals surface area contributed by atoms with Gasteiger partial charge in [0.25, 0.3) is 0 Å². The molecule has 0 amide bonds. The Labute approximate surface area is 250 Å². The molecule has 3 heterocycles. The predicted molar refractivity (Wildman–Crippen MR) is 163 cm³/mol. The van der Waals surface area contributed by atoms with Crippen LogP contribution in [0, 0.1) is 5.82 Å². The second-order valence-corrected chi connectivity index (χ2v) is 18.7. The molecule has 43 heavy (non-hydrogen) atoms. The van der Waals surface area contributed by atoms with Gasteiger partial charge < -0.3 is 19.3 Å². The number of methoxy groups -OCH3 is 3. The molecule has 2 aromatic carbocycles. The molecule has 2 aromatic heterocycles. The van der Waals surface area contributed by atoms with Crippen molar-refractivity contribution in [2.75, 3.05) is 32.2 Å². The smallest absolute Gasteiger partial charge is 0.246 e. The van der Waals surface area contributed by atoms with Crippen LogP contribution in [-0.2, 0) is 10.0 Å². The van der Waals surface area contributed by atoms with E-state index >= 15 is 0 Å². The summed E-state index contributed by atoms with van der Waals surface area (Å²) in [4.78, 5) is 4.52. The fourth-order valence-electron chi connectivity index (χ4n) is 5.45. The molecule has 1 unspecified atom stereocenters. The molecule has 1 N–H and O–H groups in total. The zero-order chi connectivity index (χ0) is 31.1. The Bertz CT molecular complexity index is 1710. The van der Waals surface area contributed by atoms with Gasteiger partial charge in [-0.05, 0) is 41.4 Å². The van der Waals surface area contributed by atoms with Crippen molar-refractivity contribution in [2.45, 2.75) is 36.5 Å². The number of hydrogen-bond donors (Lipinski definition) is 1. The average molecular weight is 628 g/mol. The Morgan fingerprint density at radius 3 is 2.14 bits per heavy atom. The van der Waals surface area contributed by atoms with Crippen LogP contribution < -0.4 is 18.5 Å². The molecule has 11 nitrogen and oxygen atoms in total. The van der Waals surface area contributed by atoms with Crippen molar-refractivity contribution in [3.05, 3.63) is 72.0 Å². The van der Waals surface area contributed by atoms with Gasteiger partial charge in [0.2, 0.25) is 21.9 Å². The molecule has 1 saturated heterocycles. The largest absolute Gasteiger partial charge is 0.494 e. The first-order valence-electron chi connectivity index (χ1n) is 13.6. The molecule has 1 fully saturated rings. The lowest BCUT2D eigenvalue weighted by Crippen LogP contribution is -2.40. The van der Waals surface area contributed by atoms with E-state index in [1.807, 2.05) is 0 Å². The SMILES string of the molecule is COc1cccc(-c2nnc(N3CC([Si](C)(C)C)[C@H]([C@@H](O)c4ccc(F)cc4)S3(=O)=O)n2-c2c(OC)cccc2OC)n1. The van der Waals surface area contributed by atoms with E-state index in [1.54, 1.807) is 41.0 Å². The topological polar surface area (TPSA) is 129 Å². The third-order valence-corrected chi connectivity index (χ3v) is 12.9. The van der Waals surface area contributed by atoms with Crippen LogP contribution in [0.3, 0.4) is 0 Å². The summed E-state index contributed by atoms with van der Waals surface area (Å²) < 4.78 is 62.2. The maximum Gasteiger partial charge on any atom is 0.246 e. The molecular formula is C29H34FN5O6SSi. The molecule has 4 aromatic rings. The number of ether oxygens (including phenoxy) is 3. The number of aliphatic hydroxyl groups excluding tert-OH is 1. The van der Waals surface area contributed by atoms with E-state index < -0.39 is 40.8 Å². The molecule has 3 atom stereocenters. The Kier molecular flexibility index (Phi) is 8.20. The first-order valence-corrected chi connectivity index (χ1v) is 18.6. The van der Waals surface area contributed by atoms with Crippen LogP contribution in [0.5, 0.6) is 17.4 Å². The highest BCUT2D eigenvalue weighted by atomic mass is 32.2. The van der Waals surface area contributed by atoms with Crippen molar-refractivity contribution in [1.82, 2.24) is 19.7 Å². The van der Waals surface area contributed by atoms with Gasteiger partial charge in [-0.25, -0.2) is 22.1 Å². The Hall–Kier alpha value is -4.01. The first kappa shape index (κ1) is 30.4. The summed E-state index contributed by atoms with van der Waals surface area (Å²) in [5.41, 5.74) is 0.636. The summed E-state index contributed by atoms with van der Waals surface area (Å²) in [5, 5.41) is 19.1. The van der Waals surface area contributed by atoms with Crippen LogP contribution in [0.4, 0.5) is 10.3 Å². The minimum Gasteiger partial charge on any atom is -0.494 e. The van der Waals surface area contributed by atoms with Gasteiger partial charge in [-0.15, -0.1) is 10.2 Å². The molecule has 0 aliphatic carbocycles. The first-order chi connectivity index (χ1) is 20.4.